The lowest BCUT2D eigenvalue weighted by Gasteiger charge is -2.32. The summed E-state index contributed by atoms with van der Waals surface area (Å²) in [4.78, 5) is 18.7. The van der Waals surface area contributed by atoms with Gasteiger partial charge in [-0.2, -0.15) is 5.10 Å². The highest BCUT2D eigenvalue weighted by molar-refractivity contribution is 5.12. The van der Waals surface area contributed by atoms with Gasteiger partial charge in [0.25, 0.3) is 5.56 Å². The average Bonchev–Trinajstić information content (AvgIpc) is 3.32. The Morgan fingerprint density at radius 3 is 2.62 bits per heavy atom. The highest BCUT2D eigenvalue weighted by Crippen LogP contribution is 2.38. The van der Waals surface area contributed by atoms with Crippen molar-refractivity contribution in [2.24, 2.45) is 5.92 Å². The lowest BCUT2D eigenvalue weighted by atomic mass is 9.97. The summed E-state index contributed by atoms with van der Waals surface area (Å²) in [5, 5.41) is 4.60. The summed E-state index contributed by atoms with van der Waals surface area (Å²) < 4.78 is 3.83. The normalized spacial score (nSPS) is 19.7. The standard InChI is InChI=1S/C18H25N5O/c24-18-4-3-17(16-1-2-16)20-23(18)13-15-5-8-21(9-6-15)11-12-22-10-7-19-14-22/h3-4,7,10,14-16H,1-2,5-6,8-9,11-13H2. The molecule has 1 aliphatic heterocycles. The molecule has 1 saturated carbocycles. The quantitative estimate of drug-likeness (QED) is 0.811. The molecule has 1 aliphatic carbocycles. The van der Waals surface area contributed by atoms with Crippen molar-refractivity contribution in [3.05, 3.63) is 46.9 Å². The number of piperidine rings is 1. The minimum Gasteiger partial charge on any atom is -0.336 e. The van der Waals surface area contributed by atoms with Crippen molar-refractivity contribution in [3.8, 4) is 0 Å². The summed E-state index contributed by atoms with van der Waals surface area (Å²) in [5.41, 5.74) is 1.15. The number of nitrogens with zero attached hydrogens (tertiary/aromatic N) is 5. The number of hydrogen-bond donors (Lipinski definition) is 0. The van der Waals surface area contributed by atoms with Crippen LogP contribution in [0.4, 0.5) is 0 Å². The zero-order valence-corrected chi connectivity index (χ0v) is 14.0. The second kappa shape index (κ2) is 6.89. The van der Waals surface area contributed by atoms with Gasteiger partial charge in [-0.05, 0) is 50.8 Å². The Hall–Kier alpha value is -1.95. The van der Waals surface area contributed by atoms with Crippen LogP contribution in [0, 0.1) is 5.92 Å². The first kappa shape index (κ1) is 15.6. The van der Waals surface area contributed by atoms with E-state index in [2.05, 4.69) is 19.5 Å². The molecule has 2 aromatic rings. The maximum absolute atomic E-state index is 12.1. The van der Waals surface area contributed by atoms with E-state index in [-0.39, 0.29) is 5.56 Å². The summed E-state index contributed by atoms with van der Waals surface area (Å²) in [6, 6.07) is 3.61. The van der Waals surface area contributed by atoms with Gasteiger partial charge in [-0.1, -0.05) is 0 Å². The Bertz CT molecular complexity index is 711. The van der Waals surface area contributed by atoms with Gasteiger partial charge in [0.2, 0.25) is 0 Å². The fourth-order valence-corrected chi connectivity index (χ4v) is 3.51. The number of rotatable bonds is 6. The molecule has 6 nitrogen and oxygen atoms in total. The summed E-state index contributed by atoms with van der Waals surface area (Å²) >= 11 is 0. The van der Waals surface area contributed by atoms with Crippen LogP contribution in [-0.2, 0) is 13.1 Å². The number of aromatic nitrogens is 4. The van der Waals surface area contributed by atoms with E-state index in [1.165, 1.54) is 12.8 Å². The molecule has 24 heavy (non-hydrogen) atoms. The Labute approximate surface area is 142 Å². The molecule has 2 fully saturated rings. The summed E-state index contributed by atoms with van der Waals surface area (Å²) in [7, 11) is 0. The molecular formula is C18H25N5O. The second-order valence-corrected chi connectivity index (χ2v) is 7.14. The molecule has 4 rings (SSSR count). The van der Waals surface area contributed by atoms with Crippen LogP contribution in [-0.4, -0.2) is 43.9 Å². The fourth-order valence-electron chi connectivity index (χ4n) is 3.51. The van der Waals surface area contributed by atoms with Crippen molar-refractivity contribution in [2.45, 2.75) is 44.7 Å². The Morgan fingerprint density at radius 2 is 1.92 bits per heavy atom. The van der Waals surface area contributed by atoms with Gasteiger partial charge in [0.05, 0.1) is 12.0 Å². The van der Waals surface area contributed by atoms with Gasteiger partial charge in [-0.3, -0.25) is 4.79 Å². The van der Waals surface area contributed by atoms with Crippen LogP contribution < -0.4 is 5.56 Å². The third-order valence-electron chi connectivity index (χ3n) is 5.25. The SMILES string of the molecule is O=c1ccc(C2CC2)nn1CC1CCN(CCn2ccnc2)CC1. The highest BCUT2D eigenvalue weighted by atomic mass is 16.1. The van der Waals surface area contributed by atoms with E-state index in [9.17, 15) is 4.79 Å². The number of likely N-dealkylation sites (tertiary alicyclic amines) is 1. The number of hydrogen-bond acceptors (Lipinski definition) is 4. The van der Waals surface area contributed by atoms with Gasteiger partial charge in [-0.25, -0.2) is 9.67 Å². The van der Waals surface area contributed by atoms with Crippen molar-refractivity contribution in [2.75, 3.05) is 19.6 Å². The average molecular weight is 327 g/mol. The summed E-state index contributed by atoms with van der Waals surface area (Å²) in [6.45, 7) is 5.05. The Kier molecular flexibility index (Phi) is 4.47. The van der Waals surface area contributed by atoms with E-state index in [1.54, 1.807) is 10.7 Å². The molecule has 2 aromatic heterocycles. The van der Waals surface area contributed by atoms with Crippen LogP contribution in [0.2, 0.25) is 0 Å². The largest absolute Gasteiger partial charge is 0.336 e. The minimum atomic E-state index is 0.0435. The third-order valence-corrected chi connectivity index (χ3v) is 5.25. The van der Waals surface area contributed by atoms with Gasteiger partial charge < -0.3 is 9.47 Å². The lowest BCUT2D eigenvalue weighted by molar-refractivity contribution is 0.165. The smallest absolute Gasteiger partial charge is 0.266 e. The van der Waals surface area contributed by atoms with E-state index in [4.69, 9.17) is 0 Å². The van der Waals surface area contributed by atoms with E-state index in [0.29, 0.717) is 11.8 Å². The molecule has 0 atom stereocenters. The van der Waals surface area contributed by atoms with Crippen molar-refractivity contribution < 1.29 is 0 Å². The van der Waals surface area contributed by atoms with Crippen molar-refractivity contribution in [1.82, 2.24) is 24.2 Å². The summed E-state index contributed by atoms with van der Waals surface area (Å²) in [5.74, 6) is 1.16. The van der Waals surface area contributed by atoms with E-state index < -0.39 is 0 Å². The van der Waals surface area contributed by atoms with Crippen LogP contribution in [0.1, 0.15) is 37.3 Å². The first-order chi connectivity index (χ1) is 11.8. The predicted molar refractivity (Wildman–Crippen MR) is 91.9 cm³/mol. The topological polar surface area (TPSA) is 56.0 Å². The van der Waals surface area contributed by atoms with Crippen molar-refractivity contribution in [1.29, 1.82) is 0 Å². The zero-order valence-electron chi connectivity index (χ0n) is 14.0. The first-order valence-electron chi connectivity index (χ1n) is 9.04. The zero-order chi connectivity index (χ0) is 16.4. The van der Waals surface area contributed by atoms with Crippen LogP contribution in [0.15, 0.2) is 35.6 Å². The van der Waals surface area contributed by atoms with E-state index >= 15 is 0 Å². The third kappa shape index (κ3) is 3.75. The molecule has 0 aromatic carbocycles. The predicted octanol–water partition coefficient (Wildman–Crippen LogP) is 1.73. The van der Waals surface area contributed by atoms with Crippen LogP contribution >= 0.6 is 0 Å². The molecule has 1 saturated heterocycles. The second-order valence-electron chi connectivity index (χ2n) is 7.14. The lowest BCUT2D eigenvalue weighted by Crippen LogP contribution is -2.38. The van der Waals surface area contributed by atoms with E-state index in [0.717, 1.165) is 51.3 Å². The molecular weight excluding hydrogens is 302 g/mol. The Morgan fingerprint density at radius 1 is 1.08 bits per heavy atom. The van der Waals surface area contributed by atoms with Crippen molar-refractivity contribution >= 4 is 0 Å². The fraction of sp³-hybridized carbons (Fsp3) is 0.611. The molecule has 6 heteroatoms. The molecule has 3 heterocycles. The maximum Gasteiger partial charge on any atom is 0.266 e. The van der Waals surface area contributed by atoms with Gasteiger partial charge in [-0.15, -0.1) is 0 Å². The molecule has 0 spiro atoms. The molecule has 0 radical (unpaired) electrons. The van der Waals surface area contributed by atoms with E-state index in [1.807, 2.05) is 24.8 Å². The summed E-state index contributed by atoms with van der Waals surface area (Å²) in [6.07, 6.45) is 10.4. The molecule has 0 amide bonds. The minimum absolute atomic E-state index is 0.0435. The van der Waals surface area contributed by atoms with Crippen LogP contribution in [0.25, 0.3) is 0 Å². The molecule has 0 N–H and O–H groups in total. The van der Waals surface area contributed by atoms with Crippen LogP contribution in [0.5, 0.6) is 0 Å². The molecule has 2 aliphatic rings. The van der Waals surface area contributed by atoms with Gasteiger partial charge >= 0.3 is 0 Å². The molecule has 0 unspecified atom stereocenters. The number of imidazole rings is 1. The maximum atomic E-state index is 12.1. The van der Waals surface area contributed by atoms with Crippen molar-refractivity contribution in [3.63, 3.8) is 0 Å². The molecule has 128 valence electrons. The van der Waals surface area contributed by atoms with Gasteiger partial charge in [0, 0.05) is 44.0 Å². The van der Waals surface area contributed by atoms with Crippen LogP contribution in [0.3, 0.4) is 0 Å². The van der Waals surface area contributed by atoms with Gasteiger partial charge in [0.15, 0.2) is 0 Å². The first-order valence-corrected chi connectivity index (χ1v) is 9.04. The Balaban J connectivity index is 1.28. The van der Waals surface area contributed by atoms with Gasteiger partial charge in [0.1, 0.15) is 0 Å². The highest BCUT2D eigenvalue weighted by Gasteiger charge is 2.26. The monoisotopic (exact) mass is 327 g/mol. The molecule has 0 bridgehead atoms.